The fourth-order valence-corrected chi connectivity index (χ4v) is 0.116. The third-order valence-corrected chi connectivity index (χ3v) is 0.515. The van der Waals surface area contributed by atoms with Crippen molar-refractivity contribution in [2.45, 2.75) is 6.10 Å². The first-order valence-corrected chi connectivity index (χ1v) is 1.78. The van der Waals surface area contributed by atoms with Crippen molar-refractivity contribution in [2.24, 2.45) is 5.73 Å². The maximum absolute atomic E-state index is 9.83. The summed E-state index contributed by atoms with van der Waals surface area (Å²) in [6.07, 6.45) is -0.123. The van der Waals surface area contributed by atoms with Gasteiger partial charge in [0.2, 0.25) is 5.91 Å². The van der Waals surface area contributed by atoms with Crippen LogP contribution in [0.1, 0.15) is 0 Å². The first-order chi connectivity index (χ1) is 3.18. The summed E-state index contributed by atoms with van der Waals surface area (Å²) in [5, 5.41) is 8.34. The Hall–Kier alpha value is -0.830. The molecule has 3 nitrogen and oxygen atoms in total. The number of carbonyl (C=O) groups excluding carboxylic acids is 1. The minimum absolute atomic E-state index is 0.769. The van der Waals surface area contributed by atoms with Gasteiger partial charge in [0, 0.05) is 0 Å². The zero-order valence-corrected chi connectivity index (χ0v) is 3.79. The van der Waals surface area contributed by atoms with E-state index in [4.69, 9.17) is 5.11 Å². The van der Waals surface area contributed by atoms with Crippen LogP contribution in [-0.2, 0) is 4.79 Å². The number of carbonyl (C=O) groups is 1. The highest BCUT2D eigenvalue weighted by atomic mass is 16.3. The number of hydrogen-bond donors (Lipinski definition) is 2. The van der Waals surface area contributed by atoms with E-state index in [2.05, 4.69) is 12.3 Å². The van der Waals surface area contributed by atoms with E-state index in [-0.39, 0.29) is 0 Å². The Morgan fingerprint density at radius 2 is 2.43 bits per heavy atom. The normalized spacial score (nSPS) is 12.7. The molecule has 0 bridgehead atoms. The summed E-state index contributed by atoms with van der Waals surface area (Å²) in [6.45, 7) is 3.13. The van der Waals surface area contributed by atoms with Crippen LogP contribution in [0.2, 0.25) is 0 Å². The molecule has 0 aromatic carbocycles. The molecule has 0 aromatic heterocycles. The summed E-state index contributed by atoms with van der Waals surface area (Å²) >= 11 is 0. The summed E-state index contributed by atoms with van der Waals surface area (Å²) in [4.78, 5) is 9.83. The lowest BCUT2D eigenvalue weighted by Crippen LogP contribution is -2.25. The fourth-order valence-electron chi connectivity index (χ4n) is 0.116. The van der Waals surface area contributed by atoms with Crippen molar-refractivity contribution < 1.29 is 9.90 Å². The molecule has 40 valence electrons. The Labute approximate surface area is 41.4 Å². The SMILES string of the molecule is C=C[C@@H](O)C(N)=O. The van der Waals surface area contributed by atoms with Crippen LogP contribution in [0.4, 0.5) is 0 Å². The first kappa shape index (κ1) is 6.17. The highest BCUT2D eigenvalue weighted by Gasteiger charge is 2.01. The van der Waals surface area contributed by atoms with Gasteiger partial charge in [0.15, 0.2) is 0 Å². The van der Waals surface area contributed by atoms with E-state index < -0.39 is 12.0 Å². The maximum Gasteiger partial charge on any atom is 0.250 e. The monoisotopic (exact) mass is 101 g/mol. The number of amides is 1. The molecule has 0 saturated carbocycles. The Kier molecular flexibility index (Phi) is 2.08. The van der Waals surface area contributed by atoms with Crippen LogP contribution in [0.15, 0.2) is 12.7 Å². The summed E-state index contributed by atoms with van der Waals surface area (Å²) in [5.74, 6) is -0.769. The molecule has 0 fully saturated rings. The molecule has 0 radical (unpaired) electrons. The fraction of sp³-hybridized carbons (Fsp3) is 0.250. The van der Waals surface area contributed by atoms with Gasteiger partial charge >= 0.3 is 0 Å². The Morgan fingerprint density at radius 3 is 2.43 bits per heavy atom. The van der Waals surface area contributed by atoms with Crippen LogP contribution >= 0.6 is 0 Å². The Bertz CT molecular complexity index is 89.7. The molecule has 1 amide bonds. The van der Waals surface area contributed by atoms with Gasteiger partial charge in [-0.15, -0.1) is 0 Å². The topological polar surface area (TPSA) is 63.3 Å². The molecule has 1 atom stereocenters. The molecule has 0 aliphatic heterocycles. The van der Waals surface area contributed by atoms with Gasteiger partial charge in [-0.2, -0.15) is 0 Å². The minimum Gasteiger partial charge on any atom is -0.379 e. The molecule has 0 aliphatic rings. The number of nitrogens with two attached hydrogens (primary N) is 1. The van der Waals surface area contributed by atoms with Gasteiger partial charge in [0.05, 0.1) is 0 Å². The second-order valence-corrected chi connectivity index (χ2v) is 1.08. The molecule has 0 aliphatic carbocycles. The highest BCUT2D eigenvalue weighted by molar-refractivity contribution is 5.80. The van der Waals surface area contributed by atoms with Crippen molar-refractivity contribution >= 4 is 5.91 Å². The third-order valence-electron chi connectivity index (χ3n) is 0.515. The Morgan fingerprint density at radius 1 is 2.00 bits per heavy atom. The van der Waals surface area contributed by atoms with Gasteiger partial charge in [0.25, 0.3) is 0 Å². The summed E-state index contributed by atoms with van der Waals surface area (Å²) in [6, 6.07) is 0. The Balaban J connectivity index is 3.55. The smallest absolute Gasteiger partial charge is 0.250 e. The molecule has 0 saturated heterocycles. The quantitative estimate of drug-likeness (QED) is 0.439. The van der Waals surface area contributed by atoms with Crippen LogP contribution in [0.5, 0.6) is 0 Å². The number of primary amides is 1. The van der Waals surface area contributed by atoms with E-state index in [0.29, 0.717) is 0 Å². The van der Waals surface area contributed by atoms with Gasteiger partial charge < -0.3 is 10.8 Å². The van der Waals surface area contributed by atoms with Crippen molar-refractivity contribution in [1.82, 2.24) is 0 Å². The summed E-state index contributed by atoms with van der Waals surface area (Å²) < 4.78 is 0. The van der Waals surface area contributed by atoms with Crippen LogP contribution in [-0.4, -0.2) is 17.1 Å². The lowest BCUT2D eigenvalue weighted by atomic mass is 10.3. The van der Waals surface area contributed by atoms with Crippen molar-refractivity contribution in [3.8, 4) is 0 Å². The van der Waals surface area contributed by atoms with Crippen LogP contribution in [0.3, 0.4) is 0 Å². The molecule has 3 N–H and O–H groups in total. The number of aliphatic hydroxyl groups excluding tert-OH is 1. The molecular weight excluding hydrogens is 94.0 g/mol. The second kappa shape index (κ2) is 2.36. The van der Waals surface area contributed by atoms with E-state index >= 15 is 0 Å². The average Bonchev–Trinajstić information content (AvgIpc) is 1.65. The lowest BCUT2D eigenvalue weighted by molar-refractivity contribution is -0.123. The van der Waals surface area contributed by atoms with Crippen LogP contribution < -0.4 is 5.73 Å². The standard InChI is InChI=1S/C4H7NO2/c1-2-3(6)4(5)7/h2-3,6H,1H2,(H2,5,7)/t3-/m1/s1. The molecule has 7 heavy (non-hydrogen) atoms. The van der Waals surface area contributed by atoms with Crippen LogP contribution in [0, 0.1) is 0 Å². The molecule has 0 spiro atoms. The van der Waals surface area contributed by atoms with Gasteiger partial charge in [-0.25, -0.2) is 0 Å². The predicted octanol–water partition coefficient (Wildman–Crippen LogP) is -0.981. The van der Waals surface area contributed by atoms with E-state index in [9.17, 15) is 4.79 Å². The highest BCUT2D eigenvalue weighted by Crippen LogP contribution is 1.76. The van der Waals surface area contributed by atoms with E-state index in [0.717, 1.165) is 6.08 Å². The summed E-state index contributed by atoms with van der Waals surface area (Å²) in [7, 11) is 0. The van der Waals surface area contributed by atoms with Crippen molar-refractivity contribution in [1.29, 1.82) is 0 Å². The number of hydrogen-bond acceptors (Lipinski definition) is 2. The van der Waals surface area contributed by atoms with E-state index in [1.807, 2.05) is 0 Å². The predicted molar refractivity (Wildman–Crippen MR) is 25.4 cm³/mol. The first-order valence-electron chi connectivity index (χ1n) is 1.78. The van der Waals surface area contributed by atoms with Crippen molar-refractivity contribution in [2.75, 3.05) is 0 Å². The maximum atomic E-state index is 9.83. The van der Waals surface area contributed by atoms with Gasteiger partial charge in [0.1, 0.15) is 6.10 Å². The van der Waals surface area contributed by atoms with Crippen LogP contribution in [0.25, 0.3) is 0 Å². The largest absolute Gasteiger partial charge is 0.379 e. The summed E-state index contributed by atoms with van der Waals surface area (Å²) in [5.41, 5.74) is 4.59. The van der Waals surface area contributed by atoms with Gasteiger partial charge in [-0.1, -0.05) is 12.7 Å². The molecule has 0 rings (SSSR count). The number of aliphatic hydroxyl groups is 1. The van der Waals surface area contributed by atoms with E-state index in [1.165, 1.54) is 0 Å². The molecule has 0 unspecified atom stereocenters. The van der Waals surface area contributed by atoms with E-state index in [1.54, 1.807) is 0 Å². The minimum atomic E-state index is -1.19. The number of rotatable bonds is 2. The van der Waals surface area contributed by atoms with Crippen molar-refractivity contribution in [3.05, 3.63) is 12.7 Å². The van der Waals surface area contributed by atoms with Gasteiger partial charge in [-0.3, -0.25) is 4.79 Å². The zero-order chi connectivity index (χ0) is 5.86. The average molecular weight is 101 g/mol. The molecule has 0 heterocycles. The molecule has 0 aromatic rings. The lowest BCUT2D eigenvalue weighted by Gasteiger charge is -1.93. The molecular formula is C4H7NO2. The van der Waals surface area contributed by atoms with Gasteiger partial charge in [-0.05, 0) is 0 Å². The third kappa shape index (κ3) is 1.94. The molecule has 3 heteroatoms. The zero-order valence-electron chi connectivity index (χ0n) is 3.79. The second-order valence-electron chi connectivity index (χ2n) is 1.08. The van der Waals surface area contributed by atoms with Crippen molar-refractivity contribution in [3.63, 3.8) is 0 Å².